The van der Waals surface area contributed by atoms with Gasteiger partial charge in [-0.25, -0.2) is 13.1 Å². The lowest BCUT2D eigenvalue weighted by atomic mass is 9.87. The van der Waals surface area contributed by atoms with Crippen molar-refractivity contribution in [2.45, 2.75) is 43.5 Å². The summed E-state index contributed by atoms with van der Waals surface area (Å²) in [6.45, 7) is 2.22. The fourth-order valence-corrected chi connectivity index (χ4v) is 3.59. The molecule has 0 aromatic heterocycles. The minimum absolute atomic E-state index is 0.101. The fraction of sp³-hybridized carbons (Fsp3) is 0.471. The minimum Gasteiger partial charge on any atom is -0.350 e. The van der Waals surface area contributed by atoms with Crippen LogP contribution >= 0.6 is 0 Å². The van der Waals surface area contributed by atoms with E-state index >= 15 is 0 Å². The summed E-state index contributed by atoms with van der Waals surface area (Å²) in [5, 5.41) is 3.03. The molecule has 2 unspecified atom stereocenters. The molecule has 1 aromatic rings. The van der Waals surface area contributed by atoms with Crippen molar-refractivity contribution < 1.29 is 13.2 Å². The molecule has 2 atom stereocenters. The molecular formula is C17H24N2O3S. The lowest BCUT2D eigenvalue weighted by Gasteiger charge is -2.26. The molecule has 0 heterocycles. The highest BCUT2D eigenvalue weighted by molar-refractivity contribution is 7.89. The fourth-order valence-electron chi connectivity index (χ4n) is 2.86. The molecule has 1 aliphatic rings. The zero-order valence-corrected chi connectivity index (χ0v) is 14.4. The van der Waals surface area contributed by atoms with Crippen LogP contribution in [0.4, 0.5) is 0 Å². The Morgan fingerprint density at radius 1 is 1.22 bits per heavy atom. The second kappa shape index (κ2) is 7.75. The molecular weight excluding hydrogens is 312 g/mol. The molecule has 2 N–H and O–H groups in total. The van der Waals surface area contributed by atoms with Gasteiger partial charge in [0.25, 0.3) is 0 Å². The quantitative estimate of drug-likeness (QED) is 0.810. The normalized spacial score (nSPS) is 22.2. The predicted molar refractivity (Wildman–Crippen MR) is 91.3 cm³/mol. The molecule has 23 heavy (non-hydrogen) atoms. The van der Waals surface area contributed by atoms with E-state index in [1.54, 1.807) is 18.2 Å². The van der Waals surface area contributed by atoms with Crippen LogP contribution in [0.15, 0.2) is 35.2 Å². The lowest BCUT2D eigenvalue weighted by molar-refractivity contribution is -0.117. The maximum atomic E-state index is 12.0. The molecule has 1 aromatic carbocycles. The Kier molecular flexibility index (Phi) is 5.96. The third kappa shape index (κ3) is 5.18. The average Bonchev–Trinajstić information content (AvgIpc) is 2.53. The number of hydrogen-bond acceptors (Lipinski definition) is 3. The standard InChI is InChI=1S/C17H24N2O3S/c1-13-4-3-5-15(12-13)19-17(20)11-8-14-6-9-16(10-7-14)23(21,22)18-2/h6-11,13,15,18H,3-5,12H2,1-2H3,(H,19,20)/b11-8+. The van der Waals surface area contributed by atoms with Crippen LogP contribution in [-0.4, -0.2) is 27.4 Å². The first kappa shape index (κ1) is 17.7. The zero-order chi connectivity index (χ0) is 16.9. The number of carbonyl (C=O) groups is 1. The topological polar surface area (TPSA) is 75.3 Å². The van der Waals surface area contributed by atoms with Crippen LogP contribution in [-0.2, 0) is 14.8 Å². The Morgan fingerprint density at radius 2 is 1.91 bits per heavy atom. The Morgan fingerprint density at radius 3 is 2.52 bits per heavy atom. The molecule has 1 saturated carbocycles. The Balaban J connectivity index is 1.93. The van der Waals surface area contributed by atoms with Gasteiger partial charge in [-0.3, -0.25) is 4.79 Å². The summed E-state index contributed by atoms with van der Waals surface area (Å²) in [6, 6.07) is 6.66. The van der Waals surface area contributed by atoms with Crippen molar-refractivity contribution in [1.82, 2.24) is 10.0 Å². The Labute approximate surface area is 138 Å². The van der Waals surface area contributed by atoms with E-state index in [-0.39, 0.29) is 16.8 Å². The number of hydrogen-bond donors (Lipinski definition) is 2. The molecule has 126 valence electrons. The van der Waals surface area contributed by atoms with E-state index in [1.807, 2.05) is 0 Å². The molecule has 1 aliphatic carbocycles. The number of carbonyl (C=O) groups excluding carboxylic acids is 1. The number of benzene rings is 1. The van der Waals surface area contributed by atoms with Crippen LogP contribution in [0, 0.1) is 5.92 Å². The van der Waals surface area contributed by atoms with Gasteiger partial charge in [-0.2, -0.15) is 0 Å². The highest BCUT2D eigenvalue weighted by atomic mass is 32.2. The molecule has 0 bridgehead atoms. The van der Waals surface area contributed by atoms with Gasteiger partial charge in [0.15, 0.2) is 0 Å². The maximum Gasteiger partial charge on any atom is 0.244 e. The molecule has 0 spiro atoms. The first-order chi connectivity index (χ1) is 10.9. The van der Waals surface area contributed by atoms with E-state index in [4.69, 9.17) is 0 Å². The summed E-state index contributed by atoms with van der Waals surface area (Å²) in [4.78, 5) is 12.2. The number of nitrogens with one attached hydrogen (secondary N) is 2. The third-order valence-corrected chi connectivity index (χ3v) is 5.60. The zero-order valence-electron chi connectivity index (χ0n) is 13.6. The number of sulfonamides is 1. The monoisotopic (exact) mass is 336 g/mol. The van der Waals surface area contributed by atoms with E-state index in [2.05, 4.69) is 17.0 Å². The van der Waals surface area contributed by atoms with Gasteiger partial charge in [0.1, 0.15) is 0 Å². The molecule has 2 rings (SSSR count). The van der Waals surface area contributed by atoms with E-state index in [0.717, 1.165) is 24.8 Å². The number of amides is 1. The Bertz CT molecular complexity index is 666. The third-order valence-electron chi connectivity index (χ3n) is 4.17. The molecule has 0 radical (unpaired) electrons. The van der Waals surface area contributed by atoms with Crippen LogP contribution in [0.2, 0.25) is 0 Å². The predicted octanol–water partition coefficient (Wildman–Crippen LogP) is 2.30. The van der Waals surface area contributed by atoms with Crippen LogP contribution in [0.5, 0.6) is 0 Å². The van der Waals surface area contributed by atoms with Crippen molar-refractivity contribution in [3.63, 3.8) is 0 Å². The highest BCUT2D eigenvalue weighted by Crippen LogP contribution is 2.23. The second-order valence-electron chi connectivity index (χ2n) is 6.09. The van der Waals surface area contributed by atoms with Gasteiger partial charge < -0.3 is 5.32 Å². The van der Waals surface area contributed by atoms with E-state index in [0.29, 0.717) is 5.92 Å². The van der Waals surface area contributed by atoms with Crippen molar-refractivity contribution in [3.8, 4) is 0 Å². The summed E-state index contributed by atoms with van der Waals surface area (Å²) in [7, 11) is -2.05. The van der Waals surface area contributed by atoms with Gasteiger partial charge in [-0.15, -0.1) is 0 Å². The number of rotatable bonds is 5. The minimum atomic E-state index is -3.42. The molecule has 5 nitrogen and oxygen atoms in total. The molecule has 6 heteroatoms. The van der Waals surface area contributed by atoms with Crippen molar-refractivity contribution in [2.24, 2.45) is 5.92 Å². The summed E-state index contributed by atoms with van der Waals surface area (Å²) in [5.41, 5.74) is 0.784. The van der Waals surface area contributed by atoms with E-state index in [9.17, 15) is 13.2 Å². The van der Waals surface area contributed by atoms with Crippen LogP contribution in [0.1, 0.15) is 38.2 Å². The second-order valence-corrected chi connectivity index (χ2v) is 7.97. The van der Waals surface area contributed by atoms with E-state index < -0.39 is 10.0 Å². The molecule has 1 fully saturated rings. The average molecular weight is 336 g/mol. The summed E-state index contributed by atoms with van der Waals surface area (Å²) >= 11 is 0. The van der Waals surface area contributed by atoms with Crippen LogP contribution in [0.25, 0.3) is 6.08 Å². The first-order valence-corrected chi connectivity index (χ1v) is 9.41. The largest absolute Gasteiger partial charge is 0.350 e. The maximum absolute atomic E-state index is 12.0. The summed E-state index contributed by atoms with van der Waals surface area (Å²) in [6.07, 6.45) is 7.68. The molecule has 0 aliphatic heterocycles. The van der Waals surface area contributed by atoms with Gasteiger partial charge in [0, 0.05) is 12.1 Å². The van der Waals surface area contributed by atoms with Crippen molar-refractivity contribution in [1.29, 1.82) is 0 Å². The van der Waals surface area contributed by atoms with Gasteiger partial charge >= 0.3 is 0 Å². The molecule has 0 saturated heterocycles. The highest BCUT2D eigenvalue weighted by Gasteiger charge is 2.19. The SMILES string of the molecule is CNS(=O)(=O)c1ccc(/C=C/C(=O)NC2CCCC(C)C2)cc1. The van der Waals surface area contributed by atoms with Gasteiger partial charge in [0.2, 0.25) is 15.9 Å². The smallest absolute Gasteiger partial charge is 0.244 e. The van der Waals surface area contributed by atoms with Crippen molar-refractivity contribution >= 4 is 22.0 Å². The Hall–Kier alpha value is -1.66. The van der Waals surface area contributed by atoms with Crippen molar-refractivity contribution in [2.75, 3.05) is 7.05 Å². The van der Waals surface area contributed by atoms with Gasteiger partial charge in [-0.05, 0) is 49.6 Å². The van der Waals surface area contributed by atoms with Gasteiger partial charge in [0.05, 0.1) is 4.90 Å². The van der Waals surface area contributed by atoms with Crippen molar-refractivity contribution in [3.05, 3.63) is 35.9 Å². The van der Waals surface area contributed by atoms with E-state index in [1.165, 1.54) is 31.7 Å². The van der Waals surface area contributed by atoms with Crippen LogP contribution in [0.3, 0.4) is 0 Å². The first-order valence-electron chi connectivity index (χ1n) is 7.93. The lowest BCUT2D eigenvalue weighted by Crippen LogP contribution is -2.36. The van der Waals surface area contributed by atoms with Crippen LogP contribution < -0.4 is 10.0 Å². The molecule has 1 amide bonds. The summed E-state index contributed by atoms with van der Waals surface area (Å²) < 4.78 is 25.5. The summed E-state index contributed by atoms with van der Waals surface area (Å²) in [5.74, 6) is 0.565. The van der Waals surface area contributed by atoms with Gasteiger partial charge in [-0.1, -0.05) is 31.9 Å².